The minimum Gasteiger partial charge on any atom is -0.488 e. The Hall–Kier alpha value is -4.05. The van der Waals surface area contributed by atoms with Gasteiger partial charge < -0.3 is 15.8 Å². The topological polar surface area (TPSA) is 64.3 Å². The number of nitrogens with two attached hydrogens (primary N) is 1. The molecule has 0 unspecified atom stereocenters. The Morgan fingerprint density at radius 3 is 2.07 bits per heavy atom. The number of carbonyl (C=O) groups excluding carboxylic acids is 1. The molecule has 0 heterocycles. The van der Waals surface area contributed by atoms with Crippen LogP contribution in [0.2, 0.25) is 0 Å². The van der Waals surface area contributed by atoms with Crippen molar-refractivity contribution in [2.75, 3.05) is 11.1 Å². The minimum atomic E-state index is -0.209. The zero-order valence-electron chi connectivity index (χ0n) is 16.4. The van der Waals surface area contributed by atoms with Crippen LogP contribution in [-0.2, 0) is 6.61 Å². The number of carbonyl (C=O) groups is 1. The van der Waals surface area contributed by atoms with Crippen molar-refractivity contribution < 1.29 is 9.53 Å². The molecule has 0 bridgehead atoms. The van der Waals surface area contributed by atoms with E-state index in [9.17, 15) is 4.79 Å². The molecule has 0 atom stereocenters. The van der Waals surface area contributed by atoms with E-state index in [0.29, 0.717) is 29.3 Å². The maximum Gasteiger partial charge on any atom is 0.255 e. The standard InChI is InChI=1S/C26H22N2O2/c27-23-17-25(30-18-19-10-4-1-5-11-19)22(20-12-6-2-7-13-20)16-24(23)28-26(29)21-14-8-3-9-15-21/h1-17H,18,27H2,(H,28,29). The number of hydrogen-bond donors (Lipinski definition) is 2. The van der Waals surface area contributed by atoms with Crippen molar-refractivity contribution in [2.24, 2.45) is 0 Å². The van der Waals surface area contributed by atoms with E-state index < -0.39 is 0 Å². The fraction of sp³-hybridized carbons (Fsp3) is 0.0385. The number of benzene rings is 4. The summed E-state index contributed by atoms with van der Waals surface area (Å²) >= 11 is 0. The van der Waals surface area contributed by atoms with E-state index in [1.165, 1.54) is 0 Å². The fourth-order valence-electron chi connectivity index (χ4n) is 3.19. The normalized spacial score (nSPS) is 10.4. The number of hydrogen-bond acceptors (Lipinski definition) is 3. The zero-order valence-corrected chi connectivity index (χ0v) is 16.4. The molecule has 4 rings (SSSR count). The highest BCUT2D eigenvalue weighted by Gasteiger charge is 2.14. The molecule has 0 saturated carbocycles. The fourth-order valence-corrected chi connectivity index (χ4v) is 3.19. The first-order valence-electron chi connectivity index (χ1n) is 9.73. The monoisotopic (exact) mass is 394 g/mol. The van der Waals surface area contributed by atoms with E-state index in [-0.39, 0.29) is 5.91 Å². The number of rotatable bonds is 6. The maximum atomic E-state index is 12.6. The van der Waals surface area contributed by atoms with Gasteiger partial charge in [0, 0.05) is 17.2 Å². The van der Waals surface area contributed by atoms with Crippen LogP contribution in [0.4, 0.5) is 11.4 Å². The molecular weight excluding hydrogens is 372 g/mol. The first-order valence-corrected chi connectivity index (χ1v) is 9.73. The molecule has 148 valence electrons. The van der Waals surface area contributed by atoms with Crippen molar-refractivity contribution in [2.45, 2.75) is 6.61 Å². The first kappa shape index (κ1) is 19.3. The van der Waals surface area contributed by atoms with E-state index in [2.05, 4.69) is 5.32 Å². The highest BCUT2D eigenvalue weighted by atomic mass is 16.5. The van der Waals surface area contributed by atoms with Crippen molar-refractivity contribution in [3.05, 3.63) is 114 Å². The van der Waals surface area contributed by atoms with Gasteiger partial charge in [0.25, 0.3) is 5.91 Å². The van der Waals surface area contributed by atoms with E-state index in [1.807, 2.05) is 84.9 Å². The summed E-state index contributed by atoms with van der Waals surface area (Å²) in [5.41, 5.74) is 10.8. The SMILES string of the molecule is Nc1cc(OCc2ccccc2)c(-c2ccccc2)cc1NC(=O)c1ccccc1. The molecule has 1 amide bonds. The third-order valence-corrected chi connectivity index (χ3v) is 4.76. The van der Waals surface area contributed by atoms with E-state index in [4.69, 9.17) is 10.5 Å². The molecule has 0 fully saturated rings. The van der Waals surface area contributed by atoms with Crippen molar-refractivity contribution in [1.29, 1.82) is 0 Å². The highest BCUT2D eigenvalue weighted by molar-refractivity contribution is 6.06. The van der Waals surface area contributed by atoms with Gasteiger partial charge in [-0.25, -0.2) is 0 Å². The van der Waals surface area contributed by atoms with Crippen LogP contribution in [0, 0.1) is 0 Å². The van der Waals surface area contributed by atoms with Crippen LogP contribution in [0.3, 0.4) is 0 Å². The van der Waals surface area contributed by atoms with Crippen LogP contribution in [-0.4, -0.2) is 5.91 Å². The summed E-state index contributed by atoms with van der Waals surface area (Å²) in [5.74, 6) is 0.458. The lowest BCUT2D eigenvalue weighted by molar-refractivity contribution is 0.102. The molecule has 0 aliphatic carbocycles. The second-order valence-corrected chi connectivity index (χ2v) is 6.90. The molecule has 4 aromatic carbocycles. The second-order valence-electron chi connectivity index (χ2n) is 6.90. The van der Waals surface area contributed by atoms with Gasteiger partial charge in [0.1, 0.15) is 12.4 Å². The van der Waals surface area contributed by atoms with E-state index >= 15 is 0 Å². The second kappa shape index (κ2) is 8.97. The van der Waals surface area contributed by atoms with Gasteiger partial charge in [-0.3, -0.25) is 4.79 Å². The summed E-state index contributed by atoms with van der Waals surface area (Å²) in [6.07, 6.45) is 0. The molecule has 0 aromatic heterocycles. The van der Waals surface area contributed by atoms with Crippen LogP contribution in [0.15, 0.2) is 103 Å². The Kier molecular flexibility index (Phi) is 5.76. The molecule has 4 nitrogen and oxygen atoms in total. The van der Waals surface area contributed by atoms with Gasteiger partial charge in [0.05, 0.1) is 11.4 Å². The van der Waals surface area contributed by atoms with Crippen molar-refractivity contribution >= 4 is 17.3 Å². The summed E-state index contributed by atoms with van der Waals surface area (Å²) in [5, 5.41) is 2.92. The third-order valence-electron chi connectivity index (χ3n) is 4.76. The first-order chi connectivity index (χ1) is 14.7. The predicted octanol–water partition coefficient (Wildman–Crippen LogP) is 5.77. The lowest BCUT2D eigenvalue weighted by Crippen LogP contribution is -2.13. The molecule has 0 aliphatic rings. The van der Waals surface area contributed by atoms with E-state index in [0.717, 1.165) is 16.7 Å². The lowest BCUT2D eigenvalue weighted by atomic mass is 10.0. The predicted molar refractivity (Wildman–Crippen MR) is 121 cm³/mol. The molecule has 0 saturated heterocycles. The quantitative estimate of drug-likeness (QED) is 0.408. The Morgan fingerprint density at radius 1 is 0.800 bits per heavy atom. The van der Waals surface area contributed by atoms with Gasteiger partial charge in [-0.15, -0.1) is 0 Å². The van der Waals surface area contributed by atoms with Crippen LogP contribution >= 0.6 is 0 Å². The van der Waals surface area contributed by atoms with Crippen molar-refractivity contribution in [3.63, 3.8) is 0 Å². The molecule has 0 spiro atoms. The molecule has 30 heavy (non-hydrogen) atoms. The van der Waals surface area contributed by atoms with Crippen LogP contribution in [0.25, 0.3) is 11.1 Å². The Labute approximate surface area is 175 Å². The largest absolute Gasteiger partial charge is 0.488 e. The summed E-state index contributed by atoms with van der Waals surface area (Å²) in [6.45, 7) is 0.426. The van der Waals surface area contributed by atoms with Gasteiger partial charge in [0.15, 0.2) is 0 Å². The molecule has 4 aromatic rings. The summed E-state index contributed by atoms with van der Waals surface area (Å²) < 4.78 is 6.11. The lowest BCUT2D eigenvalue weighted by Gasteiger charge is -2.16. The van der Waals surface area contributed by atoms with Crippen molar-refractivity contribution in [1.82, 2.24) is 0 Å². The maximum absolute atomic E-state index is 12.6. The average molecular weight is 394 g/mol. The summed E-state index contributed by atoms with van der Waals surface area (Å²) in [4.78, 5) is 12.6. The number of nitrogen functional groups attached to an aromatic ring is 1. The average Bonchev–Trinajstić information content (AvgIpc) is 2.81. The van der Waals surface area contributed by atoms with Crippen LogP contribution in [0.5, 0.6) is 5.75 Å². The molecule has 0 radical (unpaired) electrons. The third kappa shape index (κ3) is 4.50. The smallest absolute Gasteiger partial charge is 0.255 e. The van der Waals surface area contributed by atoms with E-state index in [1.54, 1.807) is 18.2 Å². The highest BCUT2D eigenvalue weighted by Crippen LogP contribution is 2.37. The molecular formula is C26H22N2O2. The Bertz CT molecular complexity index is 1130. The number of amides is 1. The summed E-state index contributed by atoms with van der Waals surface area (Å²) in [6, 6.07) is 32.6. The minimum absolute atomic E-state index is 0.209. The number of anilines is 2. The van der Waals surface area contributed by atoms with Gasteiger partial charge in [-0.2, -0.15) is 0 Å². The zero-order chi connectivity index (χ0) is 20.8. The van der Waals surface area contributed by atoms with Gasteiger partial charge in [-0.05, 0) is 29.3 Å². The molecule has 3 N–H and O–H groups in total. The molecule has 0 aliphatic heterocycles. The number of ether oxygens (including phenoxy) is 1. The van der Waals surface area contributed by atoms with Crippen LogP contribution in [0.1, 0.15) is 15.9 Å². The van der Waals surface area contributed by atoms with Gasteiger partial charge in [-0.1, -0.05) is 78.9 Å². The Balaban J connectivity index is 1.66. The number of nitrogens with one attached hydrogen (secondary N) is 1. The van der Waals surface area contributed by atoms with Crippen LogP contribution < -0.4 is 15.8 Å². The summed E-state index contributed by atoms with van der Waals surface area (Å²) in [7, 11) is 0. The Morgan fingerprint density at radius 2 is 1.40 bits per heavy atom. The van der Waals surface area contributed by atoms with Gasteiger partial charge >= 0.3 is 0 Å². The van der Waals surface area contributed by atoms with Gasteiger partial charge in [0.2, 0.25) is 0 Å². The van der Waals surface area contributed by atoms with Crippen molar-refractivity contribution in [3.8, 4) is 16.9 Å². The molecule has 4 heteroatoms.